The van der Waals surface area contributed by atoms with Crippen LogP contribution in [0.15, 0.2) is 30.8 Å². The number of hydrogen-bond acceptors (Lipinski definition) is 0. The summed E-state index contributed by atoms with van der Waals surface area (Å²) in [5, 5.41) is 0. The SMILES string of the molecule is C=[C-]CCc1ccccc1F.[Zn+][I]. The topological polar surface area (TPSA) is 0 Å². The van der Waals surface area contributed by atoms with E-state index in [0.717, 1.165) is 5.56 Å². The van der Waals surface area contributed by atoms with Crippen molar-refractivity contribution in [2.24, 2.45) is 0 Å². The van der Waals surface area contributed by atoms with Crippen molar-refractivity contribution < 1.29 is 19.2 Å². The van der Waals surface area contributed by atoms with Crippen LogP contribution in [0.25, 0.3) is 0 Å². The number of benzene rings is 1. The van der Waals surface area contributed by atoms with Gasteiger partial charge in [-0.3, -0.25) is 6.58 Å². The first-order valence-electron chi connectivity index (χ1n) is 3.84. The van der Waals surface area contributed by atoms with Gasteiger partial charge in [0.15, 0.2) is 0 Å². The van der Waals surface area contributed by atoms with Crippen LogP contribution in [0.1, 0.15) is 12.0 Å². The Hall–Kier alpha value is 0.243. The Morgan fingerprint density at radius 3 is 2.54 bits per heavy atom. The van der Waals surface area contributed by atoms with Crippen LogP contribution in [-0.2, 0) is 21.2 Å². The van der Waals surface area contributed by atoms with Crippen molar-refractivity contribution in [2.75, 3.05) is 0 Å². The molecule has 1 aromatic carbocycles. The van der Waals surface area contributed by atoms with Crippen LogP contribution in [0, 0.1) is 11.9 Å². The minimum absolute atomic E-state index is 0.136. The Labute approximate surface area is 99.5 Å². The van der Waals surface area contributed by atoms with E-state index in [1.54, 1.807) is 12.1 Å². The fourth-order valence-electron chi connectivity index (χ4n) is 0.924. The quantitative estimate of drug-likeness (QED) is 0.447. The summed E-state index contributed by atoms with van der Waals surface area (Å²) in [5.74, 6) is -0.136. The van der Waals surface area contributed by atoms with Crippen molar-refractivity contribution in [3.05, 3.63) is 48.3 Å². The van der Waals surface area contributed by atoms with Gasteiger partial charge in [-0.05, 0) is 11.6 Å². The van der Waals surface area contributed by atoms with Crippen LogP contribution in [0.5, 0.6) is 0 Å². The molecule has 3 heteroatoms. The fraction of sp³-hybridized carbons (Fsp3) is 0.200. The molecule has 0 bridgehead atoms. The maximum absolute atomic E-state index is 12.9. The zero-order chi connectivity index (χ0) is 10.1. The van der Waals surface area contributed by atoms with Crippen molar-refractivity contribution in [1.82, 2.24) is 0 Å². The van der Waals surface area contributed by atoms with E-state index in [0.29, 0.717) is 12.8 Å². The summed E-state index contributed by atoms with van der Waals surface area (Å²) in [4.78, 5) is 0. The molecule has 1 aromatic rings. The van der Waals surface area contributed by atoms with Gasteiger partial charge in [0.2, 0.25) is 0 Å². The Morgan fingerprint density at radius 1 is 1.38 bits per heavy atom. The van der Waals surface area contributed by atoms with E-state index in [1.165, 1.54) is 20.9 Å². The van der Waals surface area contributed by atoms with Crippen molar-refractivity contribution in [1.29, 1.82) is 0 Å². The van der Waals surface area contributed by atoms with Gasteiger partial charge in [-0.25, -0.2) is 4.39 Å². The van der Waals surface area contributed by atoms with E-state index >= 15 is 0 Å². The van der Waals surface area contributed by atoms with E-state index < -0.39 is 0 Å². The summed E-state index contributed by atoms with van der Waals surface area (Å²) in [5.41, 5.74) is 0.739. The fourth-order valence-corrected chi connectivity index (χ4v) is 0.924. The first kappa shape index (κ1) is 13.2. The van der Waals surface area contributed by atoms with Gasteiger partial charge in [-0.1, -0.05) is 24.6 Å². The maximum atomic E-state index is 12.9. The van der Waals surface area contributed by atoms with E-state index in [1.807, 2.05) is 6.07 Å². The number of rotatable bonds is 3. The zero-order valence-electron chi connectivity index (χ0n) is 7.39. The molecule has 0 atom stereocenters. The average Bonchev–Trinajstić information content (AvgIpc) is 2.20. The average molecular weight is 341 g/mol. The van der Waals surface area contributed by atoms with E-state index in [2.05, 4.69) is 32.4 Å². The Bertz CT molecular complexity index is 250. The standard InChI is InChI=1S/C10H10F.HI.Zn/c1-2-3-6-9-7-4-5-8-10(9)11;;/h4-5,7-8H,1,3,6H2;1H;/q-1;;+2/p-1. The second kappa shape index (κ2) is 8.82. The molecule has 0 amide bonds. The molecular weight excluding hydrogens is 331 g/mol. The first-order chi connectivity index (χ1) is 6.34. The van der Waals surface area contributed by atoms with Crippen LogP contribution < -0.4 is 0 Å². The monoisotopic (exact) mass is 340 g/mol. The van der Waals surface area contributed by atoms with Crippen molar-refractivity contribution in [2.45, 2.75) is 12.8 Å². The molecule has 0 nitrogen and oxygen atoms in total. The predicted molar refractivity (Wildman–Crippen MR) is 57.6 cm³/mol. The molecular formula is C10H10FIZn. The van der Waals surface area contributed by atoms with Gasteiger partial charge in [0.25, 0.3) is 0 Å². The molecule has 0 aliphatic carbocycles. The summed E-state index contributed by atoms with van der Waals surface area (Å²) in [7, 11) is 0. The normalized spacial score (nSPS) is 8.62. The molecule has 0 saturated carbocycles. The van der Waals surface area contributed by atoms with Crippen LogP contribution in [-0.4, -0.2) is 0 Å². The molecule has 66 valence electrons. The molecule has 0 radical (unpaired) electrons. The van der Waals surface area contributed by atoms with E-state index in [-0.39, 0.29) is 5.82 Å². The second-order valence-electron chi connectivity index (χ2n) is 2.34. The van der Waals surface area contributed by atoms with Gasteiger partial charge in [0.05, 0.1) is 0 Å². The third-order valence-electron chi connectivity index (χ3n) is 1.53. The summed E-state index contributed by atoms with van der Waals surface area (Å²) >= 11 is 3.62. The number of halogens is 2. The van der Waals surface area contributed by atoms with Gasteiger partial charge in [0, 0.05) is 0 Å². The second-order valence-corrected chi connectivity index (χ2v) is 2.34. The first-order valence-corrected chi connectivity index (χ1v) is 12.9. The Balaban J connectivity index is 0.000000671. The molecule has 13 heavy (non-hydrogen) atoms. The summed E-state index contributed by atoms with van der Waals surface area (Å²) in [6, 6.07) is 6.78. The Kier molecular flexibility index (Phi) is 8.99. The predicted octanol–water partition coefficient (Wildman–Crippen LogP) is 3.63. The molecule has 0 aromatic heterocycles. The third kappa shape index (κ3) is 5.53. The Morgan fingerprint density at radius 2 is 2.00 bits per heavy atom. The molecule has 0 unspecified atom stereocenters. The molecule has 0 aliphatic rings. The summed E-state index contributed by atoms with van der Waals surface area (Å²) < 4.78 is 12.9. The number of hydrogen-bond donors (Lipinski definition) is 0. The summed E-state index contributed by atoms with van der Waals surface area (Å²) in [6.45, 7) is 3.46. The van der Waals surface area contributed by atoms with E-state index in [4.69, 9.17) is 0 Å². The third-order valence-corrected chi connectivity index (χ3v) is 1.53. The van der Waals surface area contributed by atoms with Gasteiger partial charge in [-0.2, -0.15) is 6.42 Å². The van der Waals surface area contributed by atoms with Crippen molar-refractivity contribution in [3.63, 3.8) is 0 Å². The molecule has 0 saturated heterocycles. The van der Waals surface area contributed by atoms with Crippen molar-refractivity contribution in [3.8, 4) is 0 Å². The van der Waals surface area contributed by atoms with Crippen LogP contribution in [0.4, 0.5) is 4.39 Å². The van der Waals surface area contributed by atoms with Crippen LogP contribution in [0.3, 0.4) is 0 Å². The molecule has 0 fully saturated rings. The van der Waals surface area contributed by atoms with Crippen molar-refractivity contribution >= 4 is 19.8 Å². The van der Waals surface area contributed by atoms with E-state index in [9.17, 15) is 4.39 Å². The van der Waals surface area contributed by atoms with Gasteiger partial charge < -0.3 is 6.08 Å². The molecule has 1 rings (SSSR count). The summed E-state index contributed by atoms with van der Waals surface area (Å²) in [6.07, 6.45) is 4.13. The molecule has 0 heterocycles. The number of aryl methyl sites for hydroxylation is 1. The molecule has 0 N–H and O–H groups in total. The minimum atomic E-state index is -0.136. The van der Waals surface area contributed by atoms with Crippen LogP contribution in [0.2, 0.25) is 0 Å². The zero-order valence-corrected chi connectivity index (χ0v) is 12.5. The van der Waals surface area contributed by atoms with Gasteiger partial charge >= 0.3 is 34.5 Å². The molecule has 0 aliphatic heterocycles. The molecule has 0 spiro atoms. The van der Waals surface area contributed by atoms with Crippen LogP contribution >= 0.6 is 19.8 Å². The number of allylic oxidation sites excluding steroid dienone is 1. The van der Waals surface area contributed by atoms with Gasteiger partial charge in [-0.15, -0.1) is 0 Å². The van der Waals surface area contributed by atoms with Gasteiger partial charge in [0.1, 0.15) is 5.82 Å².